The van der Waals surface area contributed by atoms with Crippen LogP contribution in [0.25, 0.3) is 10.8 Å². The minimum absolute atomic E-state index is 0.0593. The van der Waals surface area contributed by atoms with E-state index in [1.807, 2.05) is 0 Å². The summed E-state index contributed by atoms with van der Waals surface area (Å²) in [5.41, 5.74) is 5.88. The Kier molecular flexibility index (Phi) is 16.4. The van der Waals surface area contributed by atoms with E-state index in [-0.39, 0.29) is 11.3 Å². The fourth-order valence-electron chi connectivity index (χ4n) is 5.60. The molecule has 310 valence electrons. The normalized spacial score (nSPS) is 20.4. The Labute approximate surface area is 324 Å². The van der Waals surface area contributed by atoms with Crippen LogP contribution < -0.4 is 21.7 Å². The Morgan fingerprint density at radius 1 is 0.789 bits per heavy atom. The number of fused-ring (bicyclic) bond motifs is 1. The number of nitrogens with one attached hydrogen (secondary N) is 3. The summed E-state index contributed by atoms with van der Waals surface area (Å²) in [7, 11) is 0. The number of benzene rings is 2. The van der Waals surface area contributed by atoms with E-state index in [2.05, 4.69) is 16.0 Å². The molecule has 21 nitrogen and oxygen atoms in total. The van der Waals surface area contributed by atoms with Gasteiger partial charge in [-0.1, -0.05) is 30.3 Å². The number of anilines is 1. The molecule has 2 aromatic carbocycles. The van der Waals surface area contributed by atoms with Crippen molar-refractivity contribution in [1.82, 2.24) is 10.6 Å². The maximum Gasteiger partial charge on any atom is 0.326 e. The molecule has 1 aliphatic heterocycles. The molecule has 57 heavy (non-hydrogen) atoms. The highest BCUT2D eigenvalue weighted by Crippen LogP contribution is 2.30. The van der Waals surface area contributed by atoms with Crippen molar-refractivity contribution in [2.45, 2.75) is 96.3 Å². The number of hydrogen-bond donors (Lipinski definition) is 6. The van der Waals surface area contributed by atoms with Crippen LogP contribution in [0, 0.1) is 0 Å². The van der Waals surface area contributed by atoms with Gasteiger partial charge >= 0.3 is 35.8 Å². The van der Waals surface area contributed by atoms with E-state index in [4.69, 9.17) is 39.3 Å². The fourth-order valence-corrected chi connectivity index (χ4v) is 5.60. The van der Waals surface area contributed by atoms with E-state index in [0.29, 0.717) is 10.8 Å². The third kappa shape index (κ3) is 13.2. The molecule has 21 heteroatoms. The van der Waals surface area contributed by atoms with Crippen molar-refractivity contribution in [3.05, 3.63) is 42.0 Å². The zero-order valence-corrected chi connectivity index (χ0v) is 31.5. The van der Waals surface area contributed by atoms with Crippen molar-refractivity contribution in [1.29, 1.82) is 0 Å². The zero-order valence-electron chi connectivity index (χ0n) is 31.5. The van der Waals surface area contributed by atoms with E-state index < -0.39 is 128 Å². The summed E-state index contributed by atoms with van der Waals surface area (Å²) in [5, 5.41) is 26.7. The quantitative estimate of drug-likeness (QED) is 0.0836. The molecule has 0 spiro atoms. The Morgan fingerprint density at radius 3 is 2.00 bits per heavy atom. The number of nitrogens with two attached hydrogens (primary N) is 1. The van der Waals surface area contributed by atoms with Crippen molar-refractivity contribution < 1.29 is 81.8 Å². The molecule has 3 amide bonds. The van der Waals surface area contributed by atoms with Crippen LogP contribution in [0.3, 0.4) is 0 Å². The Morgan fingerprint density at radius 2 is 1.40 bits per heavy atom. The van der Waals surface area contributed by atoms with Crippen LogP contribution in [0.15, 0.2) is 36.4 Å². The minimum Gasteiger partial charge on any atom is -0.481 e. The summed E-state index contributed by atoms with van der Waals surface area (Å²) in [6.07, 6.45) is -8.48. The van der Waals surface area contributed by atoms with Gasteiger partial charge in [-0.15, -0.1) is 0 Å². The highest BCUT2D eigenvalue weighted by molar-refractivity contribution is 6.14. The second kappa shape index (κ2) is 20.6. The lowest BCUT2D eigenvalue weighted by Gasteiger charge is -2.44. The fraction of sp³-hybridized carbons (Fsp3) is 0.472. The monoisotopic (exact) mass is 804 g/mol. The SMILES string of the molecule is CC(=O)OCC1O[C@@H](OC[C@H](N)C(=O)N[C@H](C)C(=O)Nc2ccc3ccccc3c2C(=O)NC(CCC(=O)O)C(=O)O)[C@@H](OC(C)=O)[C@H](OC(C)=O)C1OC(C)=O. The number of carboxylic acid groups (broad SMARTS) is 2. The number of carbonyl (C=O) groups is 9. The van der Waals surface area contributed by atoms with Crippen molar-refractivity contribution in [2.24, 2.45) is 5.73 Å². The van der Waals surface area contributed by atoms with Crippen LogP contribution in [0.2, 0.25) is 0 Å². The lowest BCUT2D eigenvalue weighted by Crippen LogP contribution is -2.63. The number of aliphatic carboxylic acids is 2. The van der Waals surface area contributed by atoms with Gasteiger partial charge in [0.05, 0.1) is 17.9 Å². The summed E-state index contributed by atoms with van der Waals surface area (Å²) in [6, 6.07) is 5.12. The van der Waals surface area contributed by atoms with Crippen molar-refractivity contribution >= 4 is 70.0 Å². The van der Waals surface area contributed by atoms with E-state index in [9.17, 15) is 48.3 Å². The standard InChI is InChI=1S/C36H44N4O17/c1-16(32(47)39-24-11-10-21-8-6-7-9-22(21)28(24)34(49)40-25(35(50)51)12-13-27(45)46)38-33(48)23(37)14-53-36-31(56-20(5)44)30(55-19(4)43)29(54-18(3)42)26(57-36)15-52-17(2)41/h6-11,16,23,25-26,29-31,36H,12-15,37H2,1-5H3,(H,38,48)(H,39,47)(H,40,49)(H,45,46)(H,50,51)/t16-,23+,25?,26?,29?,30-,31+,36-/m1/s1. The van der Waals surface area contributed by atoms with Gasteiger partial charge in [0.2, 0.25) is 11.8 Å². The number of amides is 3. The average Bonchev–Trinajstić information content (AvgIpc) is 3.12. The summed E-state index contributed by atoms with van der Waals surface area (Å²) in [6.45, 7) is 4.34. The number of ether oxygens (including phenoxy) is 6. The van der Waals surface area contributed by atoms with Crippen LogP contribution in [0.1, 0.15) is 57.8 Å². The summed E-state index contributed by atoms with van der Waals surface area (Å²) < 4.78 is 32.5. The molecule has 3 unspecified atom stereocenters. The molecule has 2 aromatic rings. The predicted molar refractivity (Wildman–Crippen MR) is 192 cm³/mol. The van der Waals surface area contributed by atoms with Gasteiger partial charge in [-0.25, -0.2) is 4.79 Å². The van der Waals surface area contributed by atoms with Crippen LogP contribution >= 0.6 is 0 Å². The first-order chi connectivity index (χ1) is 26.8. The average molecular weight is 805 g/mol. The Hall–Kier alpha value is -6.19. The largest absolute Gasteiger partial charge is 0.481 e. The first kappa shape index (κ1) is 45.2. The van der Waals surface area contributed by atoms with Gasteiger partial charge in [0, 0.05) is 34.1 Å². The molecule has 1 aliphatic rings. The number of esters is 4. The highest BCUT2D eigenvalue weighted by atomic mass is 16.7. The molecule has 0 radical (unpaired) electrons. The molecule has 1 saturated heterocycles. The molecular formula is C36H44N4O17. The van der Waals surface area contributed by atoms with Gasteiger partial charge in [-0.05, 0) is 30.2 Å². The Bertz CT molecular complexity index is 1870. The van der Waals surface area contributed by atoms with E-state index in [1.165, 1.54) is 13.0 Å². The number of carboxylic acids is 2. The van der Waals surface area contributed by atoms with E-state index in [1.54, 1.807) is 30.3 Å². The molecule has 0 bridgehead atoms. The number of rotatable bonds is 18. The van der Waals surface area contributed by atoms with Gasteiger partial charge in [0.15, 0.2) is 24.6 Å². The molecule has 0 saturated carbocycles. The molecule has 0 aliphatic carbocycles. The lowest BCUT2D eigenvalue weighted by atomic mass is 9.98. The Balaban J connectivity index is 1.78. The van der Waals surface area contributed by atoms with Crippen molar-refractivity contribution in [2.75, 3.05) is 18.5 Å². The van der Waals surface area contributed by atoms with Crippen LogP contribution in [0.4, 0.5) is 5.69 Å². The molecule has 3 rings (SSSR count). The summed E-state index contributed by atoms with van der Waals surface area (Å²) >= 11 is 0. The van der Waals surface area contributed by atoms with Gasteiger partial charge in [-0.3, -0.25) is 38.4 Å². The zero-order chi connectivity index (χ0) is 42.6. The maximum atomic E-state index is 13.5. The molecule has 1 heterocycles. The topological polar surface area (TPSA) is 312 Å². The van der Waals surface area contributed by atoms with Gasteiger partial charge in [-0.2, -0.15) is 0 Å². The second-order valence-electron chi connectivity index (χ2n) is 12.7. The first-order valence-electron chi connectivity index (χ1n) is 17.3. The van der Waals surface area contributed by atoms with Gasteiger partial charge < -0.3 is 60.3 Å². The molecule has 0 aromatic heterocycles. The third-order valence-corrected chi connectivity index (χ3v) is 8.14. The summed E-state index contributed by atoms with van der Waals surface area (Å²) in [4.78, 5) is 111. The molecular weight excluding hydrogens is 760 g/mol. The molecule has 1 fully saturated rings. The number of carbonyl (C=O) groups excluding carboxylic acids is 7. The van der Waals surface area contributed by atoms with Crippen molar-refractivity contribution in [3.8, 4) is 0 Å². The van der Waals surface area contributed by atoms with Crippen LogP contribution in [0.5, 0.6) is 0 Å². The smallest absolute Gasteiger partial charge is 0.326 e. The van der Waals surface area contributed by atoms with E-state index in [0.717, 1.165) is 27.7 Å². The van der Waals surface area contributed by atoms with E-state index >= 15 is 0 Å². The predicted octanol–water partition coefficient (Wildman–Crippen LogP) is -0.242. The van der Waals surface area contributed by atoms with Crippen LogP contribution in [-0.2, 0) is 66.8 Å². The van der Waals surface area contributed by atoms with Gasteiger partial charge in [0.1, 0.15) is 30.8 Å². The van der Waals surface area contributed by atoms with Crippen molar-refractivity contribution in [3.63, 3.8) is 0 Å². The number of hydrogen-bond acceptors (Lipinski definition) is 16. The third-order valence-electron chi connectivity index (χ3n) is 8.14. The minimum atomic E-state index is -1.63. The molecule has 8 atom stereocenters. The highest BCUT2D eigenvalue weighted by Gasteiger charge is 2.53. The first-order valence-corrected chi connectivity index (χ1v) is 17.3. The van der Waals surface area contributed by atoms with Crippen LogP contribution in [-0.4, -0.2) is 126 Å². The second-order valence-corrected chi connectivity index (χ2v) is 12.7. The molecule has 7 N–H and O–H groups in total. The summed E-state index contributed by atoms with van der Waals surface area (Å²) in [5.74, 6) is -8.75. The van der Waals surface area contributed by atoms with Gasteiger partial charge in [0.25, 0.3) is 5.91 Å². The lowest BCUT2D eigenvalue weighted by molar-refractivity contribution is -0.308. The maximum absolute atomic E-state index is 13.5.